The van der Waals surface area contributed by atoms with Crippen LogP contribution in [0.15, 0.2) is 52.7 Å². The van der Waals surface area contributed by atoms with Crippen molar-refractivity contribution in [2.45, 2.75) is 5.75 Å². The number of aromatic hydroxyl groups is 1. The number of phenolic OH excluding ortho intramolecular Hbond substituents is 1. The molecule has 0 fully saturated rings. The van der Waals surface area contributed by atoms with E-state index in [1.165, 1.54) is 24.0 Å². The maximum absolute atomic E-state index is 13.3. The molecule has 0 bridgehead atoms. The van der Waals surface area contributed by atoms with Gasteiger partial charge < -0.3 is 10.8 Å². The van der Waals surface area contributed by atoms with Gasteiger partial charge in [-0.25, -0.2) is 4.39 Å². The average Bonchev–Trinajstić information content (AvgIpc) is 2.51. The highest BCUT2D eigenvalue weighted by atomic mass is 35.5. The quantitative estimate of drug-likeness (QED) is 0.507. The Balaban J connectivity index is 1.95. The van der Waals surface area contributed by atoms with Gasteiger partial charge in [0.1, 0.15) is 0 Å². The van der Waals surface area contributed by atoms with Crippen LogP contribution in [-0.4, -0.2) is 16.5 Å². The molecule has 2 rings (SSSR count). The molecule has 2 aromatic carbocycles. The number of nitrogens with two attached hydrogens (primary N) is 1. The highest BCUT2D eigenvalue weighted by Crippen LogP contribution is 2.27. The molecule has 0 amide bonds. The fourth-order valence-corrected chi connectivity index (χ4v) is 2.40. The zero-order chi connectivity index (χ0) is 15.9. The molecule has 0 aliphatic rings. The van der Waals surface area contributed by atoms with Gasteiger partial charge in [-0.2, -0.15) is 5.10 Å². The number of rotatable bonds is 4. The van der Waals surface area contributed by atoms with Crippen LogP contribution >= 0.6 is 23.4 Å². The molecule has 0 atom stereocenters. The highest BCUT2D eigenvalue weighted by Gasteiger charge is 2.06. The molecular formula is C15H13ClFN3OS. The SMILES string of the molecule is NC(=NN=Cc1cc(F)c(O)c(Cl)c1)SCc1ccccc1. The van der Waals surface area contributed by atoms with Gasteiger partial charge in [0.2, 0.25) is 0 Å². The number of amidine groups is 1. The molecule has 0 saturated carbocycles. The minimum atomic E-state index is -0.815. The van der Waals surface area contributed by atoms with Crippen LogP contribution in [0.4, 0.5) is 4.39 Å². The van der Waals surface area contributed by atoms with Crippen molar-refractivity contribution in [3.8, 4) is 5.75 Å². The van der Waals surface area contributed by atoms with Crippen molar-refractivity contribution < 1.29 is 9.50 Å². The Morgan fingerprint density at radius 3 is 2.73 bits per heavy atom. The van der Waals surface area contributed by atoms with Gasteiger partial charge in [0.15, 0.2) is 16.7 Å². The molecule has 22 heavy (non-hydrogen) atoms. The fourth-order valence-electron chi connectivity index (χ4n) is 1.57. The monoisotopic (exact) mass is 337 g/mol. The zero-order valence-electron chi connectivity index (χ0n) is 11.4. The molecule has 0 radical (unpaired) electrons. The molecule has 2 aromatic rings. The summed E-state index contributed by atoms with van der Waals surface area (Å²) in [5, 5.41) is 17.0. The smallest absolute Gasteiger partial charge is 0.180 e. The normalized spacial score (nSPS) is 12.0. The van der Waals surface area contributed by atoms with Crippen molar-refractivity contribution in [3.05, 3.63) is 64.4 Å². The summed E-state index contributed by atoms with van der Waals surface area (Å²) < 4.78 is 13.3. The summed E-state index contributed by atoms with van der Waals surface area (Å²) in [6.45, 7) is 0. The minimum Gasteiger partial charge on any atom is -0.504 e. The lowest BCUT2D eigenvalue weighted by molar-refractivity contribution is 0.432. The van der Waals surface area contributed by atoms with E-state index in [1.54, 1.807) is 0 Å². The first-order valence-corrected chi connectivity index (χ1v) is 7.64. The molecule has 0 spiro atoms. The van der Waals surface area contributed by atoms with Crippen molar-refractivity contribution in [2.75, 3.05) is 0 Å². The molecule has 7 heteroatoms. The van der Waals surface area contributed by atoms with Crippen LogP contribution in [0.5, 0.6) is 5.75 Å². The Labute approximate surface area is 136 Å². The molecule has 114 valence electrons. The maximum Gasteiger partial charge on any atom is 0.180 e. The summed E-state index contributed by atoms with van der Waals surface area (Å²) in [5.41, 5.74) is 7.24. The van der Waals surface area contributed by atoms with E-state index in [0.29, 0.717) is 16.5 Å². The number of hydrogen-bond acceptors (Lipinski definition) is 4. The zero-order valence-corrected chi connectivity index (χ0v) is 13.0. The predicted molar refractivity (Wildman–Crippen MR) is 90.0 cm³/mol. The Morgan fingerprint density at radius 2 is 2.05 bits per heavy atom. The lowest BCUT2D eigenvalue weighted by Crippen LogP contribution is -2.06. The number of nitrogens with zero attached hydrogens (tertiary/aromatic N) is 2. The third-order valence-corrected chi connectivity index (χ3v) is 3.78. The van der Waals surface area contributed by atoms with Crippen LogP contribution in [0, 0.1) is 5.82 Å². The second-order valence-corrected chi connectivity index (χ2v) is 5.69. The lowest BCUT2D eigenvalue weighted by Gasteiger charge is -2.00. The Bertz CT molecular complexity index is 684. The number of halogens is 2. The maximum atomic E-state index is 13.3. The van der Waals surface area contributed by atoms with Gasteiger partial charge >= 0.3 is 0 Å². The minimum absolute atomic E-state index is 0.0862. The summed E-state index contributed by atoms with van der Waals surface area (Å²) in [7, 11) is 0. The number of hydrogen-bond donors (Lipinski definition) is 2. The summed E-state index contributed by atoms with van der Waals surface area (Å²) in [4.78, 5) is 0. The third kappa shape index (κ3) is 4.75. The Hall–Kier alpha value is -2.05. The van der Waals surface area contributed by atoms with Crippen LogP contribution in [0.2, 0.25) is 5.02 Å². The van der Waals surface area contributed by atoms with E-state index >= 15 is 0 Å². The first-order valence-electron chi connectivity index (χ1n) is 6.27. The van der Waals surface area contributed by atoms with Crippen LogP contribution in [0.3, 0.4) is 0 Å². The molecule has 0 aliphatic heterocycles. The van der Waals surface area contributed by atoms with Crippen molar-refractivity contribution in [2.24, 2.45) is 15.9 Å². The van der Waals surface area contributed by atoms with E-state index in [9.17, 15) is 9.50 Å². The summed E-state index contributed by atoms with van der Waals surface area (Å²) in [6, 6.07) is 12.3. The first-order chi connectivity index (χ1) is 10.6. The number of phenols is 1. The van der Waals surface area contributed by atoms with Crippen molar-refractivity contribution in [3.63, 3.8) is 0 Å². The molecule has 0 saturated heterocycles. The van der Waals surface area contributed by atoms with Crippen LogP contribution in [0.1, 0.15) is 11.1 Å². The molecule has 0 heterocycles. The van der Waals surface area contributed by atoms with Crippen molar-refractivity contribution in [1.29, 1.82) is 0 Å². The van der Waals surface area contributed by atoms with E-state index in [-0.39, 0.29) is 5.02 Å². The Kier molecular flexibility index (Phi) is 5.80. The third-order valence-electron chi connectivity index (χ3n) is 2.63. The molecule has 3 N–H and O–H groups in total. The molecule has 4 nitrogen and oxygen atoms in total. The second kappa shape index (κ2) is 7.82. The van der Waals surface area contributed by atoms with Gasteiger partial charge in [-0.05, 0) is 23.3 Å². The molecule has 0 aromatic heterocycles. The number of thioether (sulfide) groups is 1. The van der Waals surface area contributed by atoms with Crippen molar-refractivity contribution in [1.82, 2.24) is 0 Å². The van der Waals surface area contributed by atoms with E-state index in [1.807, 2.05) is 30.3 Å². The highest BCUT2D eigenvalue weighted by molar-refractivity contribution is 8.13. The first kappa shape index (κ1) is 16.3. The largest absolute Gasteiger partial charge is 0.504 e. The van der Waals surface area contributed by atoms with Crippen LogP contribution in [-0.2, 0) is 5.75 Å². The summed E-state index contributed by atoms with van der Waals surface area (Å²) in [5.74, 6) is -0.713. The van der Waals surface area contributed by atoms with Crippen LogP contribution in [0.25, 0.3) is 0 Å². The van der Waals surface area contributed by atoms with Crippen LogP contribution < -0.4 is 5.73 Å². The van der Waals surface area contributed by atoms with Gasteiger partial charge in [0.25, 0.3) is 0 Å². The van der Waals surface area contributed by atoms with E-state index in [0.717, 1.165) is 11.6 Å². The fraction of sp³-hybridized carbons (Fsp3) is 0.0667. The average molecular weight is 338 g/mol. The van der Waals surface area contributed by atoms with E-state index in [4.69, 9.17) is 17.3 Å². The predicted octanol–water partition coefficient (Wildman–Crippen LogP) is 3.77. The molecular weight excluding hydrogens is 325 g/mol. The topological polar surface area (TPSA) is 71.0 Å². The summed E-state index contributed by atoms with van der Waals surface area (Å²) >= 11 is 7.01. The lowest BCUT2D eigenvalue weighted by atomic mass is 10.2. The van der Waals surface area contributed by atoms with Gasteiger partial charge in [-0.15, -0.1) is 5.10 Å². The van der Waals surface area contributed by atoms with Crippen molar-refractivity contribution >= 4 is 34.7 Å². The van der Waals surface area contributed by atoms with Gasteiger partial charge in [-0.1, -0.05) is 53.7 Å². The Morgan fingerprint density at radius 1 is 1.32 bits per heavy atom. The van der Waals surface area contributed by atoms with Gasteiger partial charge in [0.05, 0.1) is 11.2 Å². The second-order valence-electron chi connectivity index (χ2n) is 4.29. The molecule has 0 unspecified atom stereocenters. The summed E-state index contributed by atoms with van der Waals surface area (Å²) in [6.07, 6.45) is 1.31. The number of benzene rings is 2. The van der Waals surface area contributed by atoms with Gasteiger partial charge in [-0.3, -0.25) is 0 Å². The standard InChI is InChI=1S/C15H13ClFN3OS/c16-12-6-11(7-13(17)14(12)21)8-19-20-15(18)22-9-10-4-2-1-3-5-10/h1-8,21H,9H2,(H2,18,20). The van der Waals surface area contributed by atoms with E-state index in [2.05, 4.69) is 10.2 Å². The molecule has 0 aliphatic carbocycles. The van der Waals surface area contributed by atoms with Gasteiger partial charge in [0, 0.05) is 5.75 Å². The van der Waals surface area contributed by atoms with E-state index < -0.39 is 11.6 Å².